The Labute approximate surface area is 176 Å². The molecule has 1 N–H and O–H groups in total. The predicted molar refractivity (Wildman–Crippen MR) is 115 cm³/mol. The highest BCUT2D eigenvalue weighted by Crippen LogP contribution is 2.24. The lowest BCUT2D eigenvalue weighted by atomic mass is 10.0. The molecule has 1 amide bonds. The first-order chi connectivity index (χ1) is 14.5. The summed E-state index contributed by atoms with van der Waals surface area (Å²) in [7, 11) is 1.61. The topological polar surface area (TPSA) is 94.8 Å². The first-order valence-electron chi connectivity index (χ1n) is 10.2. The summed E-state index contributed by atoms with van der Waals surface area (Å²) >= 11 is 0. The maximum absolute atomic E-state index is 12.9. The standard InChI is InChI=1S/C22H28N6O2/c1-5-6-7-21-25-26-27-28(21)19-11-17(20-9-8-15(2)13-23-20)10-18(12-19)22(29)24-16(3)14-30-4/h8-13,16H,5-7,14H2,1-4H3,(H,24,29)/t16-/m1/s1. The molecule has 0 saturated carbocycles. The molecule has 3 rings (SSSR count). The summed E-state index contributed by atoms with van der Waals surface area (Å²) < 4.78 is 6.82. The second kappa shape index (κ2) is 10.1. The molecule has 2 heterocycles. The van der Waals surface area contributed by atoms with Crippen LogP contribution < -0.4 is 5.32 Å². The molecule has 8 nitrogen and oxygen atoms in total. The molecule has 0 spiro atoms. The van der Waals surface area contributed by atoms with Gasteiger partial charge in [0.15, 0.2) is 5.82 Å². The summed E-state index contributed by atoms with van der Waals surface area (Å²) in [4.78, 5) is 17.4. The highest BCUT2D eigenvalue weighted by atomic mass is 16.5. The third kappa shape index (κ3) is 5.27. The summed E-state index contributed by atoms with van der Waals surface area (Å²) in [6, 6.07) is 9.43. The fraction of sp³-hybridized carbons (Fsp3) is 0.409. The third-order valence-corrected chi connectivity index (χ3v) is 4.71. The number of ether oxygens (including phenoxy) is 1. The number of nitrogens with zero attached hydrogens (tertiary/aromatic N) is 5. The minimum atomic E-state index is -0.182. The number of carbonyl (C=O) groups excluding carboxylic acids is 1. The normalized spacial score (nSPS) is 12.0. The number of tetrazole rings is 1. The maximum atomic E-state index is 12.9. The van der Waals surface area contributed by atoms with Crippen LogP contribution in [0.5, 0.6) is 0 Å². The van der Waals surface area contributed by atoms with Crippen molar-refractivity contribution in [2.45, 2.75) is 46.1 Å². The van der Waals surface area contributed by atoms with Crippen LogP contribution in [0.3, 0.4) is 0 Å². The van der Waals surface area contributed by atoms with Gasteiger partial charge in [-0.15, -0.1) is 5.10 Å². The van der Waals surface area contributed by atoms with Crippen LogP contribution >= 0.6 is 0 Å². The van der Waals surface area contributed by atoms with Crippen molar-refractivity contribution < 1.29 is 9.53 Å². The van der Waals surface area contributed by atoms with Crippen LogP contribution in [-0.2, 0) is 11.2 Å². The van der Waals surface area contributed by atoms with Gasteiger partial charge in [0.1, 0.15) is 0 Å². The van der Waals surface area contributed by atoms with E-state index in [0.29, 0.717) is 12.2 Å². The summed E-state index contributed by atoms with van der Waals surface area (Å²) in [5, 5.41) is 15.1. The van der Waals surface area contributed by atoms with Gasteiger partial charge in [0, 0.05) is 36.9 Å². The van der Waals surface area contributed by atoms with E-state index < -0.39 is 0 Å². The number of benzene rings is 1. The van der Waals surface area contributed by atoms with Gasteiger partial charge in [-0.05, 0) is 60.5 Å². The van der Waals surface area contributed by atoms with Gasteiger partial charge in [-0.1, -0.05) is 19.4 Å². The molecule has 3 aromatic rings. The Balaban J connectivity index is 2.03. The number of hydrogen-bond acceptors (Lipinski definition) is 6. The number of amides is 1. The van der Waals surface area contributed by atoms with Crippen molar-refractivity contribution in [1.82, 2.24) is 30.5 Å². The molecule has 1 atom stereocenters. The Kier molecular flexibility index (Phi) is 7.24. The number of carbonyl (C=O) groups is 1. The lowest BCUT2D eigenvalue weighted by Gasteiger charge is -2.15. The Morgan fingerprint density at radius 2 is 2.10 bits per heavy atom. The molecule has 8 heteroatoms. The van der Waals surface area contributed by atoms with Gasteiger partial charge >= 0.3 is 0 Å². The van der Waals surface area contributed by atoms with Crippen LogP contribution in [0.1, 0.15) is 48.4 Å². The Bertz CT molecular complexity index is 984. The number of aryl methyl sites for hydroxylation is 2. The van der Waals surface area contributed by atoms with Gasteiger partial charge in [0.25, 0.3) is 5.91 Å². The molecular weight excluding hydrogens is 380 g/mol. The van der Waals surface area contributed by atoms with Crippen LogP contribution in [0, 0.1) is 6.92 Å². The van der Waals surface area contributed by atoms with E-state index in [0.717, 1.165) is 47.6 Å². The Hall–Kier alpha value is -3.13. The molecule has 0 radical (unpaired) electrons. The van der Waals surface area contributed by atoms with Crippen molar-refractivity contribution in [3.05, 3.63) is 53.5 Å². The number of unbranched alkanes of at least 4 members (excludes halogenated alkanes) is 1. The molecule has 1 aromatic carbocycles. The second-order valence-corrected chi connectivity index (χ2v) is 7.43. The average Bonchev–Trinajstić information content (AvgIpc) is 3.21. The summed E-state index contributed by atoms with van der Waals surface area (Å²) in [6.07, 6.45) is 4.61. The van der Waals surface area contributed by atoms with E-state index in [2.05, 4.69) is 32.7 Å². The number of rotatable bonds is 9. The fourth-order valence-corrected chi connectivity index (χ4v) is 3.15. The van der Waals surface area contributed by atoms with Gasteiger partial charge in [0.05, 0.1) is 18.0 Å². The van der Waals surface area contributed by atoms with E-state index in [1.54, 1.807) is 17.9 Å². The zero-order valence-corrected chi connectivity index (χ0v) is 17.9. The lowest BCUT2D eigenvalue weighted by Crippen LogP contribution is -2.35. The maximum Gasteiger partial charge on any atom is 0.251 e. The van der Waals surface area contributed by atoms with E-state index in [1.165, 1.54) is 0 Å². The number of pyridine rings is 1. The second-order valence-electron chi connectivity index (χ2n) is 7.43. The van der Waals surface area contributed by atoms with Crippen LogP contribution in [0.25, 0.3) is 16.9 Å². The SMILES string of the molecule is CCCCc1nnnn1-c1cc(C(=O)N[C@H](C)COC)cc(-c2ccc(C)cn2)c1. The first-order valence-corrected chi connectivity index (χ1v) is 10.2. The molecule has 0 aliphatic heterocycles. The highest BCUT2D eigenvalue weighted by molar-refractivity contribution is 5.96. The largest absolute Gasteiger partial charge is 0.383 e. The molecule has 30 heavy (non-hydrogen) atoms. The minimum Gasteiger partial charge on any atom is -0.383 e. The van der Waals surface area contributed by atoms with E-state index in [9.17, 15) is 4.79 Å². The molecular formula is C22H28N6O2. The molecule has 0 saturated heterocycles. The Morgan fingerprint density at radius 1 is 1.27 bits per heavy atom. The molecule has 0 bridgehead atoms. The minimum absolute atomic E-state index is 0.111. The van der Waals surface area contributed by atoms with Crippen molar-refractivity contribution in [2.24, 2.45) is 0 Å². The van der Waals surface area contributed by atoms with Crippen LogP contribution in [-0.4, -0.2) is 50.9 Å². The predicted octanol–water partition coefficient (Wildman–Crippen LogP) is 3.14. The van der Waals surface area contributed by atoms with E-state index in [1.807, 2.05) is 44.3 Å². The summed E-state index contributed by atoms with van der Waals surface area (Å²) in [5.41, 5.74) is 3.93. The smallest absolute Gasteiger partial charge is 0.251 e. The number of methoxy groups -OCH3 is 1. The van der Waals surface area contributed by atoms with Crippen molar-refractivity contribution >= 4 is 5.91 Å². The van der Waals surface area contributed by atoms with Crippen molar-refractivity contribution in [2.75, 3.05) is 13.7 Å². The summed E-state index contributed by atoms with van der Waals surface area (Å²) in [6.45, 7) is 6.45. The highest BCUT2D eigenvalue weighted by Gasteiger charge is 2.16. The lowest BCUT2D eigenvalue weighted by molar-refractivity contribution is 0.0905. The monoisotopic (exact) mass is 408 g/mol. The molecule has 158 valence electrons. The quantitative estimate of drug-likeness (QED) is 0.584. The zero-order valence-electron chi connectivity index (χ0n) is 17.9. The van der Waals surface area contributed by atoms with Crippen LogP contribution in [0.15, 0.2) is 36.5 Å². The summed E-state index contributed by atoms with van der Waals surface area (Å²) in [5.74, 6) is 0.586. The average molecular weight is 409 g/mol. The number of nitrogens with one attached hydrogen (secondary N) is 1. The van der Waals surface area contributed by atoms with Crippen molar-refractivity contribution in [3.8, 4) is 16.9 Å². The van der Waals surface area contributed by atoms with Gasteiger partial charge in [0.2, 0.25) is 0 Å². The van der Waals surface area contributed by atoms with Crippen LogP contribution in [0.4, 0.5) is 0 Å². The van der Waals surface area contributed by atoms with E-state index in [4.69, 9.17) is 4.74 Å². The van der Waals surface area contributed by atoms with E-state index >= 15 is 0 Å². The molecule has 2 aromatic heterocycles. The van der Waals surface area contributed by atoms with Gasteiger partial charge < -0.3 is 10.1 Å². The first kappa shape index (κ1) is 21.6. The zero-order chi connectivity index (χ0) is 21.5. The number of aromatic nitrogens is 5. The number of hydrogen-bond donors (Lipinski definition) is 1. The van der Waals surface area contributed by atoms with Gasteiger partial charge in [-0.3, -0.25) is 9.78 Å². The third-order valence-electron chi connectivity index (χ3n) is 4.71. The van der Waals surface area contributed by atoms with Gasteiger partial charge in [-0.2, -0.15) is 4.68 Å². The Morgan fingerprint density at radius 3 is 2.80 bits per heavy atom. The molecule has 0 fully saturated rings. The molecule has 0 aliphatic carbocycles. The van der Waals surface area contributed by atoms with E-state index in [-0.39, 0.29) is 11.9 Å². The van der Waals surface area contributed by atoms with Gasteiger partial charge in [-0.25, -0.2) is 0 Å². The van der Waals surface area contributed by atoms with Crippen molar-refractivity contribution in [1.29, 1.82) is 0 Å². The molecule has 0 unspecified atom stereocenters. The fourth-order valence-electron chi connectivity index (χ4n) is 3.15. The molecule has 0 aliphatic rings. The van der Waals surface area contributed by atoms with Crippen LogP contribution in [0.2, 0.25) is 0 Å². The van der Waals surface area contributed by atoms with Crippen molar-refractivity contribution in [3.63, 3.8) is 0 Å².